The molecule has 26 heavy (non-hydrogen) atoms. The molecule has 0 bridgehead atoms. The molecule has 5 heteroatoms. The topological polar surface area (TPSA) is 49.9 Å². The molecule has 0 radical (unpaired) electrons. The van der Waals surface area contributed by atoms with Gasteiger partial charge in [0.2, 0.25) is 11.8 Å². The summed E-state index contributed by atoms with van der Waals surface area (Å²) in [7, 11) is 1.57. The van der Waals surface area contributed by atoms with E-state index in [1.54, 1.807) is 23.0 Å². The molecule has 5 nitrogen and oxygen atoms in total. The van der Waals surface area contributed by atoms with Gasteiger partial charge < -0.3 is 14.5 Å². The van der Waals surface area contributed by atoms with Crippen molar-refractivity contribution in [1.82, 2.24) is 4.90 Å². The third-order valence-corrected chi connectivity index (χ3v) is 4.26. The maximum absolute atomic E-state index is 12.6. The average molecular weight is 354 g/mol. The molecule has 2 aromatic carbocycles. The SMILES string of the molecule is CCN(Cc1ccccc1)C(=O)CCN(C(C)=O)c1ccccc1OC. The lowest BCUT2D eigenvalue weighted by Crippen LogP contribution is -2.36. The van der Waals surface area contributed by atoms with Crippen molar-refractivity contribution in [2.24, 2.45) is 0 Å². The summed E-state index contributed by atoms with van der Waals surface area (Å²) in [5.74, 6) is 0.526. The van der Waals surface area contributed by atoms with Gasteiger partial charge >= 0.3 is 0 Å². The minimum atomic E-state index is -0.117. The average Bonchev–Trinajstić information content (AvgIpc) is 2.67. The number of rotatable bonds is 8. The van der Waals surface area contributed by atoms with Crippen molar-refractivity contribution in [2.45, 2.75) is 26.8 Å². The van der Waals surface area contributed by atoms with Crippen molar-refractivity contribution in [1.29, 1.82) is 0 Å². The van der Waals surface area contributed by atoms with E-state index in [0.29, 0.717) is 31.1 Å². The summed E-state index contributed by atoms with van der Waals surface area (Å²) in [6, 6.07) is 17.2. The first kappa shape index (κ1) is 19.5. The van der Waals surface area contributed by atoms with Gasteiger partial charge in [-0.15, -0.1) is 0 Å². The molecule has 2 aromatic rings. The van der Waals surface area contributed by atoms with E-state index in [1.165, 1.54) is 6.92 Å². The highest BCUT2D eigenvalue weighted by Crippen LogP contribution is 2.28. The van der Waals surface area contributed by atoms with Crippen molar-refractivity contribution >= 4 is 17.5 Å². The minimum Gasteiger partial charge on any atom is -0.495 e. The number of carbonyl (C=O) groups is 2. The van der Waals surface area contributed by atoms with Crippen LogP contribution in [0.4, 0.5) is 5.69 Å². The van der Waals surface area contributed by atoms with Crippen LogP contribution in [0.2, 0.25) is 0 Å². The van der Waals surface area contributed by atoms with E-state index >= 15 is 0 Å². The predicted molar refractivity (Wildman–Crippen MR) is 103 cm³/mol. The zero-order valence-corrected chi connectivity index (χ0v) is 15.6. The second-order valence-corrected chi connectivity index (χ2v) is 5.99. The molecular formula is C21H26N2O3. The number of nitrogens with zero attached hydrogens (tertiary/aromatic N) is 2. The van der Waals surface area contributed by atoms with E-state index in [2.05, 4.69) is 0 Å². The van der Waals surface area contributed by atoms with Crippen molar-refractivity contribution < 1.29 is 14.3 Å². The molecule has 2 amide bonds. The van der Waals surface area contributed by atoms with Crippen LogP contribution in [-0.2, 0) is 16.1 Å². The van der Waals surface area contributed by atoms with Crippen LogP contribution < -0.4 is 9.64 Å². The van der Waals surface area contributed by atoms with Crippen LogP contribution in [0.1, 0.15) is 25.8 Å². The molecule has 0 saturated heterocycles. The predicted octanol–water partition coefficient (Wildman–Crippen LogP) is 3.49. The maximum atomic E-state index is 12.6. The van der Waals surface area contributed by atoms with Gasteiger partial charge in [-0.3, -0.25) is 9.59 Å². The monoisotopic (exact) mass is 354 g/mol. The van der Waals surface area contributed by atoms with Crippen LogP contribution in [0.3, 0.4) is 0 Å². The van der Waals surface area contributed by atoms with Gasteiger partial charge in [0.15, 0.2) is 0 Å². The highest BCUT2D eigenvalue weighted by atomic mass is 16.5. The van der Waals surface area contributed by atoms with Crippen LogP contribution in [-0.4, -0.2) is 36.9 Å². The number of methoxy groups -OCH3 is 1. The summed E-state index contributed by atoms with van der Waals surface area (Å²) in [6.07, 6.45) is 0.262. The summed E-state index contributed by atoms with van der Waals surface area (Å²) in [6.45, 7) is 4.98. The van der Waals surface area contributed by atoms with E-state index in [4.69, 9.17) is 4.74 Å². The smallest absolute Gasteiger partial charge is 0.224 e. The Labute approximate surface area is 155 Å². The Hall–Kier alpha value is -2.82. The number of benzene rings is 2. The summed E-state index contributed by atoms with van der Waals surface area (Å²) < 4.78 is 5.34. The van der Waals surface area contributed by atoms with Gasteiger partial charge in [0.1, 0.15) is 5.75 Å². The van der Waals surface area contributed by atoms with Crippen LogP contribution in [0, 0.1) is 0 Å². The zero-order chi connectivity index (χ0) is 18.9. The second kappa shape index (κ2) is 9.61. The normalized spacial score (nSPS) is 10.3. The van der Waals surface area contributed by atoms with E-state index in [-0.39, 0.29) is 18.2 Å². The van der Waals surface area contributed by atoms with Gasteiger partial charge in [-0.2, -0.15) is 0 Å². The maximum Gasteiger partial charge on any atom is 0.224 e. The van der Waals surface area contributed by atoms with Crippen molar-refractivity contribution in [3.8, 4) is 5.75 Å². The molecule has 0 aromatic heterocycles. The fourth-order valence-electron chi connectivity index (χ4n) is 2.85. The number of amides is 2. The molecule has 0 aliphatic rings. The summed E-state index contributed by atoms with van der Waals surface area (Å²) in [5.41, 5.74) is 1.78. The Bertz CT molecular complexity index is 731. The molecule has 0 heterocycles. The minimum absolute atomic E-state index is 0.0255. The second-order valence-electron chi connectivity index (χ2n) is 5.99. The van der Waals surface area contributed by atoms with Crippen LogP contribution in [0.5, 0.6) is 5.75 Å². The Balaban J connectivity index is 2.05. The molecule has 0 saturated carbocycles. The van der Waals surface area contributed by atoms with Crippen LogP contribution >= 0.6 is 0 Å². The van der Waals surface area contributed by atoms with Gasteiger partial charge in [-0.05, 0) is 24.6 Å². The Morgan fingerprint density at radius 3 is 2.27 bits per heavy atom. The van der Waals surface area contributed by atoms with Gasteiger partial charge in [-0.25, -0.2) is 0 Å². The Morgan fingerprint density at radius 2 is 1.65 bits per heavy atom. The molecule has 0 N–H and O–H groups in total. The van der Waals surface area contributed by atoms with Crippen LogP contribution in [0.25, 0.3) is 0 Å². The largest absolute Gasteiger partial charge is 0.495 e. The molecule has 0 atom stereocenters. The highest BCUT2D eigenvalue weighted by molar-refractivity contribution is 5.93. The molecule has 0 aliphatic carbocycles. The summed E-state index contributed by atoms with van der Waals surface area (Å²) >= 11 is 0. The molecule has 138 valence electrons. The third-order valence-electron chi connectivity index (χ3n) is 4.26. The highest BCUT2D eigenvalue weighted by Gasteiger charge is 2.19. The van der Waals surface area contributed by atoms with Gasteiger partial charge in [0.25, 0.3) is 0 Å². The summed E-state index contributed by atoms with van der Waals surface area (Å²) in [5, 5.41) is 0. The fraction of sp³-hybridized carbons (Fsp3) is 0.333. The Kier molecular flexibility index (Phi) is 7.21. The van der Waals surface area contributed by atoms with Gasteiger partial charge in [0, 0.05) is 33.0 Å². The number of para-hydroxylation sites is 2. The molecule has 0 spiro atoms. The number of hydrogen-bond acceptors (Lipinski definition) is 3. The van der Waals surface area contributed by atoms with Gasteiger partial charge in [0.05, 0.1) is 12.8 Å². The summed E-state index contributed by atoms with van der Waals surface area (Å²) in [4.78, 5) is 28.1. The first-order valence-electron chi connectivity index (χ1n) is 8.79. The van der Waals surface area contributed by atoms with Crippen molar-refractivity contribution in [3.63, 3.8) is 0 Å². The molecule has 0 aliphatic heterocycles. The van der Waals surface area contributed by atoms with E-state index < -0.39 is 0 Å². The van der Waals surface area contributed by atoms with E-state index in [9.17, 15) is 9.59 Å². The van der Waals surface area contributed by atoms with E-state index in [0.717, 1.165) is 5.56 Å². The number of hydrogen-bond donors (Lipinski definition) is 0. The molecule has 0 unspecified atom stereocenters. The van der Waals surface area contributed by atoms with Gasteiger partial charge in [-0.1, -0.05) is 42.5 Å². The fourth-order valence-corrected chi connectivity index (χ4v) is 2.85. The quantitative estimate of drug-likeness (QED) is 0.729. The van der Waals surface area contributed by atoms with Crippen molar-refractivity contribution in [3.05, 3.63) is 60.2 Å². The Morgan fingerprint density at radius 1 is 1.00 bits per heavy atom. The first-order valence-corrected chi connectivity index (χ1v) is 8.79. The zero-order valence-electron chi connectivity index (χ0n) is 15.6. The lowest BCUT2D eigenvalue weighted by atomic mass is 10.2. The van der Waals surface area contributed by atoms with E-state index in [1.807, 2.05) is 55.5 Å². The number of ether oxygens (including phenoxy) is 1. The molecule has 0 fully saturated rings. The van der Waals surface area contributed by atoms with Crippen LogP contribution in [0.15, 0.2) is 54.6 Å². The standard InChI is InChI=1S/C21H26N2O3/c1-4-22(16-18-10-6-5-7-11-18)21(25)14-15-23(17(2)24)19-12-8-9-13-20(19)26-3/h5-13H,4,14-16H2,1-3H3. The lowest BCUT2D eigenvalue weighted by Gasteiger charge is -2.25. The first-order chi connectivity index (χ1) is 12.6. The molecular weight excluding hydrogens is 328 g/mol. The number of carbonyl (C=O) groups excluding carboxylic acids is 2. The molecule has 2 rings (SSSR count). The number of anilines is 1. The third kappa shape index (κ3) is 5.09. The lowest BCUT2D eigenvalue weighted by molar-refractivity contribution is -0.131. The van der Waals surface area contributed by atoms with Crippen molar-refractivity contribution in [2.75, 3.05) is 25.1 Å².